The number of benzene rings is 1. The lowest BCUT2D eigenvalue weighted by Crippen LogP contribution is -2.33. The Labute approximate surface area is 117 Å². The fourth-order valence-corrected chi connectivity index (χ4v) is 2.27. The number of terminal acetylenes is 1. The van der Waals surface area contributed by atoms with Crippen LogP contribution in [-0.2, 0) is 9.05 Å². The average molecular weight is 300 g/mol. The Hall–Kier alpha value is -1.51. The SMILES string of the molecule is C#CC(CCC)NC(=O)c1ccc(S(=O)(=O)Cl)cc1. The van der Waals surface area contributed by atoms with Gasteiger partial charge in [-0.2, -0.15) is 0 Å². The summed E-state index contributed by atoms with van der Waals surface area (Å²) < 4.78 is 22.1. The molecule has 1 unspecified atom stereocenters. The van der Waals surface area contributed by atoms with Crippen LogP contribution in [-0.4, -0.2) is 20.4 Å². The van der Waals surface area contributed by atoms with E-state index in [0.29, 0.717) is 12.0 Å². The zero-order chi connectivity index (χ0) is 14.5. The van der Waals surface area contributed by atoms with Gasteiger partial charge in [0.25, 0.3) is 15.0 Å². The Morgan fingerprint density at radius 1 is 1.42 bits per heavy atom. The number of carbonyl (C=O) groups is 1. The highest BCUT2D eigenvalue weighted by atomic mass is 35.7. The molecule has 1 aromatic carbocycles. The van der Waals surface area contributed by atoms with E-state index in [4.69, 9.17) is 17.1 Å². The molecule has 102 valence electrons. The van der Waals surface area contributed by atoms with Gasteiger partial charge in [0, 0.05) is 16.2 Å². The molecule has 1 amide bonds. The highest BCUT2D eigenvalue weighted by Gasteiger charge is 2.13. The molecule has 0 saturated heterocycles. The third kappa shape index (κ3) is 4.58. The Kier molecular flexibility index (Phi) is 5.40. The molecule has 0 fully saturated rings. The molecule has 0 heterocycles. The Balaban J connectivity index is 2.82. The first kappa shape index (κ1) is 15.5. The van der Waals surface area contributed by atoms with Crippen molar-refractivity contribution in [3.05, 3.63) is 29.8 Å². The second kappa shape index (κ2) is 6.60. The molecule has 0 bridgehead atoms. The highest BCUT2D eigenvalue weighted by Crippen LogP contribution is 2.15. The summed E-state index contributed by atoms with van der Waals surface area (Å²) in [6.45, 7) is 1.97. The Bertz CT molecular complexity index is 587. The van der Waals surface area contributed by atoms with Crippen LogP contribution in [0.3, 0.4) is 0 Å². The van der Waals surface area contributed by atoms with Crippen molar-refractivity contribution in [1.82, 2.24) is 5.32 Å². The van der Waals surface area contributed by atoms with Crippen molar-refractivity contribution in [3.63, 3.8) is 0 Å². The maximum atomic E-state index is 11.9. The molecular formula is C13H14ClNO3S. The number of amides is 1. The summed E-state index contributed by atoms with van der Waals surface area (Å²) in [5.74, 6) is 2.15. The molecule has 0 aliphatic heterocycles. The summed E-state index contributed by atoms with van der Waals surface area (Å²) >= 11 is 0. The van der Waals surface area contributed by atoms with E-state index in [1.165, 1.54) is 24.3 Å². The minimum absolute atomic E-state index is 0.0484. The summed E-state index contributed by atoms with van der Waals surface area (Å²) in [6, 6.07) is 5.02. The lowest BCUT2D eigenvalue weighted by Gasteiger charge is -2.12. The molecular weight excluding hydrogens is 286 g/mol. The predicted molar refractivity (Wildman–Crippen MR) is 74.5 cm³/mol. The van der Waals surface area contributed by atoms with E-state index in [9.17, 15) is 13.2 Å². The van der Waals surface area contributed by atoms with Gasteiger partial charge in [0.05, 0.1) is 10.9 Å². The van der Waals surface area contributed by atoms with Crippen LogP contribution in [0.5, 0.6) is 0 Å². The summed E-state index contributed by atoms with van der Waals surface area (Å²) in [5.41, 5.74) is 0.334. The standard InChI is InChI=1S/C13H14ClNO3S/c1-3-5-11(4-2)15-13(16)10-6-8-12(9-7-10)19(14,17)18/h2,6-9,11H,3,5H2,1H3,(H,15,16). The third-order valence-electron chi connectivity index (χ3n) is 2.48. The van der Waals surface area contributed by atoms with E-state index in [0.717, 1.165) is 6.42 Å². The number of hydrogen-bond acceptors (Lipinski definition) is 3. The van der Waals surface area contributed by atoms with Gasteiger partial charge < -0.3 is 5.32 Å². The van der Waals surface area contributed by atoms with E-state index in [2.05, 4.69) is 11.2 Å². The van der Waals surface area contributed by atoms with Crippen LogP contribution in [0, 0.1) is 12.3 Å². The van der Waals surface area contributed by atoms with Crippen LogP contribution in [0.15, 0.2) is 29.2 Å². The molecule has 0 spiro atoms. The number of hydrogen-bond donors (Lipinski definition) is 1. The van der Waals surface area contributed by atoms with Crippen molar-refractivity contribution in [2.75, 3.05) is 0 Å². The van der Waals surface area contributed by atoms with E-state index >= 15 is 0 Å². The smallest absolute Gasteiger partial charge is 0.261 e. The van der Waals surface area contributed by atoms with Crippen LogP contribution in [0.25, 0.3) is 0 Å². The number of carbonyl (C=O) groups excluding carboxylic acids is 1. The first-order valence-electron chi connectivity index (χ1n) is 5.70. The van der Waals surface area contributed by atoms with Gasteiger partial charge in [-0.15, -0.1) is 6.42 Å². The van der Waals surface area contributed by atoms with Gasteiger partial charge in [0.15, 0.2) is 0 Å². The van der Waals surface area contributed by atoms with Gasteiger partial charge in [-0.3, -0.25) is 4.79 Å². The second-order valence-corrected chi connectivity index (χ2v) is 6.51. The molecule has 1 atom stereocenters. The first-order chi connectivity index (χ1) is 8.88. The summed E-state index contributed by atoms with van der Waals surface area (Å²) in [6.07, 6.45) is 6.86. The summed E-state index contributed by atoms with van der Waals surface area (Å²) in [4.78, 5) is 11.8. The minimum atomic E-state index is -3.77. The van der Waals surface area contributed by atoms with Crippen molar-refractivity contribution in [1.29, 1.82) is 0 Å². The topological polar surface area (TPSA) is 63.2 Å². The number of nitrogens with one attached hydrogen (secondary N) is 1. The molecule has 19 heavy (non-hydrogen) atoms. The zero-order valence-electron chi connectivity index (χ0n) is 10.4. The normalized spacial score (nSPS) is 12.5. The third-order valence-corrected chi connectivity index (χ3v) is 3.85. The molecule has 6 heteroatoms. The molecule has 1 aromatic rings. The van der Waals surface area contributed by atoms with Gasteiger partial charge in [-0.05, 0) is 30.7 Å². The first-order valence-corrected chi connectivity index (χ1v) is 8.01. The monoisotopic (exact) mass is 299 g/mol. The van der Waals surface area contributed by atoms with Gasteiger partial charge in [0.1, 0.15) is 0 Å². The second-order valence-electron chi connectivity index (χ2n) is 3.94. The van der Waals surface area contributed by atoms with Crippen LogP contribution in [0.4, 0.5) is 0 Å². The van der Waals surface area contributed by atoms with Gasteiger partial charge in [0.2, 0.25) is 0 Å². The van der Waals surface area contributed by atoms with Crippen LogP contribution in [0.1, 0.15) is 30.1 Å². The van der Waals surface area contributed by atoms with Gasteiger partial charge >= 0.3 is 0 Å². The summed E-state index contributed by atoms with van der Waals surface area (Å²) in [7, 11) is 1.41. The maximum Gasteiger partial charge on any atom is 0.261 e. The van der Waals surface area contributed by atoms with Crippen molar-refractivity contribution in [2.24, 2.45) is 0 Å². The molecule has 0 aliphatic carbocycles. The molecule has 0 saturated carbocycles. The fourth-order valence-electron chi connectivity index (χ4n) is 1.50. The van der Waals surface area contributed by atoms with Crippen LogP contribution < -0.4 is 5.32 Å². The Morgan fingerprint density at radius 2 is 2.00 bits per heavy atom. The largest absolute Gasteiger partial charge is 0.338 e. The Morgan fingerprint density at radius 3 is 2.42 bits per heavy atom. The lowest BCUT2D eigenvalue weighted by atomic mass is 10.1. The molecule has 0 radical (unpaired) electrons. The van der Waals surface area contributed by atoms with Crippen molar-refractivity contribution < 1.29 is 13.2 Å². The van der Waals surface area contributed by atoms with Crippen molar-refractivity contribution >= 4 is 25.6 Å². The van der Waals surface area contributed by atoms with Gasteiger partial charge in [-0.25, -0.2) is 8.42 Å². The predicted octanol–water partition coefficient (Wildman–Crippen LogP) is 2.15. The fraction of sp³-hybridized carbons (Fsp3) is 0.308. The van der Waals surface area contributed by atoms with E-state index in [1.807, 2.05) is 6.92 Å². The van der Waals surface area contributed by atoms with E-state index in [1.54, 1.807) is 0 Å². The number of rotatable bonds is 5. The van der Waals surface area contributed by atoms with Crippen molar-refractivity contribution in [3.8, 4) is 12.3 Å². The van der Waals surface area contributed by atoms with Crippen LogP contribution >= 0.6 is 10.7 Å². The molecule has 0 aromatic heterocycles. The quantitative estimate of drug-likeness (QED) is 0.669. The highest BCUT2D eigenvalue weighted by molar-refractivity contribution is 8.13. The minimum Gasteiger partial charge on any atom is -0.338 e. The molecule has 1 N–H and O–H groups in total. The average Bonchev–Trinajstić information content (AvgIpc) is 2.37. The van der Waals surface area contributed by atoms with Crippen molar-refractivity contribution in [2.45, 2.75) is 30.7 Å². The number of halogens is 1. The van der Waals surface area contributed by atoms with E-state index in [-0.39, 0.29) is 16.8 Å². The summed E-state index contributed by atoms with van der Waals surface area (Å²) in [5, 5.41) is 2.68. The maximum absolute atomic E-state index is 11.9. The molecule has 4 nitrogen and oxygen atoms in total. The van der Waals surface area contributed by atoms with E-state index < -0.39 is 9.05 Å². The lowest BCUT2D eigenvalue weighted by molar-refractivity contribution is 0.0944. The van der Waals surface area contributed by atoms with Crippen LogP contribution in [0.2, 0.25) is 0 Å². The zero-order valence-corrected chi connectivity index (χ0v) is 12.0. The molecule has 0 aliphatic rings. The molecule has 1 rings (SSSR count). The van der Waals surface area contributed by atoms with Gasteiger partial charge in [-0.1, -0.05) is 19.3 Å².